The normalized spacial score (nSPS) is 25.4. The van der Waals surface area contributed by atoms with Gasteiger partial charge in [-0.3, -0.25) is 19.8 Å². The van der Waals surface area contributed by atoms with E-state index in [0.29, 0.717) is 5.69 Å². The van der Waals surface area contributed by atoms with Crippen molar-refractivity contribution < 1.29 is 14.4 Å². The number of nitrogens with one attached hydrogen (secondary N) is 1. The first-order valence-electron chi connectivity index (χ1n) is 6.46. The molecule has 3 rings (SSSR count). The topological polar surface area (TPSA) is 78.8 Å². The number of hydrogen-bond acceptors (Lipinski definition) is 5. The van der Waals surface area contributed by atoms with Crippen molar-refractivity contribution in [1.29, 1.82) is 0 Å². The van der Waals surface area contributed by atoms with Crippen molar-refractivity contribution in [2.24, 2.45) is 11.0 Å². The van der Waals surface area contributed by atoms with Crippen molar-refractivity contribution in [1.82, 2.24) is 5.43 Å². The first-order valence-corrected chi connectivity index (χ1v) is 7.38. The molecule has 0 bridgehead atoms. The number of para-hydroxylation sites is 1. The molecule has 1 N–H and O–H groups in total. The number of nitrogens with zero attached hydrogens (tertiary/aromatic N) is 2. The minimum atomic E-state index is -0.842. The van der Waals surface area contributed by atoms with Crippen LogP contribution in [0.2, 0.25) is 0 Å². The highest BCUT2D eigenvalue weighted by atomic mass is 79.9. The zero-order valence-electron chi connectivity index (χ0n) is 11.1. The van der Waals surface area contributed by atoms with Crippen LogP contribution in [0, 0.1) is 5.92 Å². The van der Waals surface area contributed by atoms with Crippen LogP contribution in [-0.2, 0) is 14.4 Å². The van der Waals surface area contributed by atoms with E-state index in [1.807, 2.05) is 0 Å². The molecule has 2 heterocycles. The summed E-state index contributed by atoms with van der Waals surface area (Å²) in [5.41, 5.74) is 3.23. The number of alkyl halides is 1. The van der Waals surface area contributed by atoms with Crippen molar-refractivity contribution in [3.05, 3.63) is 30.3 Å². The molecule has 0 radical (unpaired) electrons. The zero-order chi connectivity index (χ0) is 15.1. The molecule has 0 spiro atoms. The van der Waals surface area contributed by atoms with E-state index in [2.05, 4.69) is 26.5 Å². The predicted molar refractivity (Wildman–Crippen MR) is 80.2 cm³/mol. The van der Waals surface area contributed by atoms with Gasteiger partial charge in [-0.05, 0) is 19.1 Å². The Morgan fingerprint density at radius 1 is 1.29 bits per heavy atom. The molecule has 3 unspecified atom stereocenters. The van der Waals surface area contributed by atoms with Crippen LogP contribution in [0.15, 0.2) is 35.4 Å². The third kappa shape index (κ3) is 2.08. The predicted octanol–water partition coefficient (Wildman–Crippen LogP) is 0.856. The van der Waals surface area contributed by atoms with Crippen LogP contribution in [-0.4, -0.2) is 34.2 Å². The summed E-state index contributed by atoms with van der Waals surface area (Å²) in [6, 6.07) is 7.88. The van der Waals surface area contributed by atoms with Crippen LogP contribution < -0.4 is 10.3 Å². The molecule has 0 aromatic heterocycles. The van der Waals surface area contributed by atoms with Gasteiger partial charge in [0.25, 0.3) is 5.91 Å². The van der Waals surface area contributed by atoms with Gasteiger partial charge in [-0.2, -0.15) is 5.10 Å². The Morgan fingerprint density at radius 2 is 1.95 bits per heavy atom. The van der Waals surface area contributed by atoms with Gasteiger partial charge in [-0.1, -0.05) is 34.1 Å². The van der Waals surface area contributed by atoms with Gasteiger partial charge in [-0.25, -0.2) is 4.90 Å². The van der Waals surface area contributed by atoms with E-state index < -0.39 is 22.7 Å². The van der Waals surface area contributed by atoms with E-state index in [4.69, 9.17) is 0 Å². The molecule has 0 saturated carbocycles. The number of carbonyl (C=O) groups is 3. The molecule has 7 heteroatoms. The van der Waals surface area contributed by atoms with Gasteiger partial charge in [0.15, 0.2) is 5.78 Å². The van der Waals surface area contributed by atoms with Crippen molar-refractivity contribution in [2.45, 2.75) is 17.8 Å². The highest BCUT2D eigenvalue weighted by molar-refractivity contribution is 9.10. The summed E-state index contributed by atoms with van der Waals surface area (Å²) >= 11 is 3.17. The Hall–Kier alpha value is -2.02. The summed E-state index contributed by atoms with van der Waals surface area (Å²) in [7, 11) is 0. The molecule has 1 aromatic rings. The fourth-order valence-corrected chi connectivity index (χ4v) is 2.76. The van der Waals surface area contributed by atoms with Crippen molar-refractivity contribution in [3.63, 3.8) is 0 Å². The molecule has 0 aliphatic carbocycles. The Morgan fingerprint density at radius 3 is 2.57 bits per heavy atom. The number of fused-ring (bicyclic) bond motifs is 1. The van der Waals surface area contributed by atoms with E-state index in [1.165, 1.54) is 0 Å². The van der Waals surface area contributed by atoms with Crippen molar-refractivity contribution in [3.8, 4) is 0 Å². The van der Waals surface area contributed by atoms with Gasteiger partial charge in [-0.15, -0.1) is 0 Å². The summed E-state index contributed by atoms with van der Waals surface area (Å²) in [5, 5.41) is 3.89. The lowest BCUT2D eigenvalue weighted by Gasteiger charge is -2.15. The van der Waals surface area contributed by atoms with Crippen molar-refractivity contribution >= 4 is 44.9 Å². The standard InChI is InChI=1S/C14H12BrN3O3/c1-7(15)12(19)10-9-11(17-16-10)14(21)18(13(9)20)8-5-3-2-4-6-8/h2-7,9,11,17H,1H3. The van der Waals surface area contributed by atoms with Gasteiger partial charge in [0, 0.05) is 0 Å². The Kier molecular flexibility index (Phi) is 3.36. The van der Waals surface area contributed by atoms with Gasteiger partial charge >= 0.3 is 0 Å². The Bertz CT molecular complexity index is 657. The van der Waals surface area contributed by atoms with Crippen molar-refractivity contribution in [2.75, 3.05) is 4.90 Å². The second-order valence-corrected chi connectivity index (χ2v) is 6.28. The summed E-state index contributed by atoms with van der Waals surface area (Å²) in [6.07, 6.45) is 0. The molecule has 2 amide bonds. The molecular weight excluding hydrogens is 338 g/mol. The number of amides is 2. The van der Waals surface area contributed by atoms with Gasteiger partial charge in [0.1, 0.15) is 17.7 Å². The average molecular weight is 350 g/mol. The molecule has 108 valence electrons. The third-order valence-corrected chi connectivity index (χ3v) is 3.97. The van der Waals surface area contributed by atoms with Gasteiger partial charge in [0.05, 0.1) is 10.5 Å². The van der Waals surface area contributed by atoms with Crippen LogP contribution in [0.4, 0.5) is 5.69 Å². The molecular formula is C14H12BrN3O3. The summed E-state index contributed by atoms with van der Waals surface area (Å²) in [6.45, 7) is 1.66. The molecule has 6 nitrogen and oxygen atoms in total. The van der Waals surface area contributed by atoms with Crippen LogP contribution in [0.5, 0.6) is 0 Å². The first kappa shape index (κ1) is 13.9. The molecule has 21 heavy (non-hydrogen) atoms. The van der Waals surface area contributed by atoms with Crippen LogP contribution in [0.1, 0.15) is 6.92 Å². The minimum Gasteiger partial charge on any atom is -0.296 e. The number of imide groups is 1. The highest BCUT2D eigenvalue weighted by Gasteiger charge is 2.55. The molecule has 1 aromatic carbocycles. The SMILES string of the molecule is CC(Br)C(=O)C1=NNC2C(=O)N(c3ccccc3)C(=O)C12. The number of hydrogen-bond donors (Lipinski definition) is 1. The minimum absolute atomic E-state index is 0.112. The zero-order valence-corrected chi connectivity index (χ0v) is 12.7. The number of ketones is 1. The van der Waals surface area contributed by atoms with E-state index in [1.54, 1.807) is 37.3 Å². The maximum Gasteiger partial charge on any atom is 0.259 e. The molecule has 2 aliphatic heterocycles. The van der Waals surface area contributed by atoms with Crippen LogP contribution in [0.25, 0.3) is 0 Å². The van der Waals surface area contributed by atoms with Gasteiger partial charge in [0.2, 0.25) is 5.91 Å². The average Bonchev–Trinajstić information content (AvgIpc) is 3.00. The quantitative estimate of drug-likeness (QED) is 0.648. The molecule has 2 aliphatic rings. The Balaban J connectivity index is 1.95. The van der Waals surface area contributed by atoms with E-state index in [0.717, 1.165) is 4.90 Å². The lowest BCUT2D eigenvalue weighted by atomic mass is 9.95. The smallest absolute Gasteiger partial charge is 0.259 e. The fourth-order valence-electron chi connectivity index (χ4n) is 2.53. The molecule has 3 atom stereocenters. The lowest BCUT2D eigenvalue weighted by Crippen LogP contribution is -2.36. The second kappa shape index (κ2) is 5.07. The third-order valence-electron chi connectivity index (χ3n) is 3.55. The van der Waals surface area contributed by atoms with E-state index in [9.17, 15) is 14.4 Å². The number of Topliss-reactive ketones (excluding diaryl/α,β-unsaturated/α-hetero) is 1. The monoisotopic (exact) mass is 349 g/mol. The number of benzene rings is 1. The summed E-state index contributed by atoms with van der Waals surface area (Å²) < 4.78 is 0. The number of carbonyl (C=O) groups excluding carboxylic acids is 3. The molecule has 1 fully saturated rings. The second-order valence-electron chi connectivity index (χ2n) is 4.91. The number of hydrazone groups is 1. The van der Waals surface area contributed by atoms with E-state index in [-0.39, 0.29) is 17.4 Å². The summed E-state index contributed by atoms with van der Waals surface area (Å²) in [5.74, 6) is -1.93. The van der Waals surface area contributed by atoms with Crippen LogP contribution >= 0.6 is 15.9 Å². The number of rotatable bonds is 3. The lowest BCUT2D eigenvalue weighted by molar-refractivity contribution is -0.122. The first-order chi connectivity index (χ1) is 10.0. The fraction of sp³-hybridized carbons (Fsp3) is 0.286. The number of anilines is 1. The maximum absolute atomic E-state index is 12.6. The van der Waals surface area contributed by atoms with Crippen LogP contribution in [0.3, 0.4) is 0 Å². The largest absolute Gasteiger partial charge is 0.296 e. The Labute approximate surface area is 129 Å². The molecule has 1 saturated heterocycles. The van der Waals surface area contributed by atoms with E-state index >= 15 is 0 Å². The summed E-state index contributed by atoms with van der Waals surface area (Å²) in [4.78, 5) is 37.7. The van der Waals surface area contributed by atoms with Gasteiger partial charge < -0.3 is 0 Å². The number of halogens is 1. The maximum atomic E-state index is 12.6. The highest BCUT2D eigenvalue weighted by Crippen LogP contribution is 2.31.